The fraction of sp³-hybridized carbons (Fsp3) is 0.471. The number of nitrogens with zero attached hydrogens (tertiary/aromatic N) is 1. The molecular formula is C17H25N4O2+. The molecule has 0 radical (unpaired) electrons. The number of nitrogen functional groups attached to an aromatic ring is 1. The Bertz CT molecular complexity index is 678. The molecule has 0 aliphatic carbocycles. The average molecular weight is 317 g/mol. The average Bonchev–Trinajstić information content (AvgIpc) is 2.57. The maximum Gasteiger partial charge on any atom is 0.347 e. The van der Waals surface area contributed by atoms with Crippen LogP contribution in [0.2, 0.25) is 0 Å². The van der Waals surface area contributed by atoms with Gasteiger partial charge < -0.3 is 20.8 Å². The zero-order valence-electron chi connectivity index (χ0n) is 13.6. The summed E-state index contributed by atoms with van der Waals surface area (Å²) in [5.41, 5.74) is 6.07. The number of benzene rings is 1. The summed E-state index contributed by atoms with van der Waals surface area (Å²) in [5.74, 6) is 1.62. The molecule has 3 rings (SSSR count). The van der Waals surface area contributed by atoms with Crippen LogP contribution in [0, 0.1) is 12.8 Å². The van der Waals surface area contributed by atoms with E-state index in [9.17, 15) is 4.79 Å². The quantitative estimate of drug-likeness (QED) is 0.751. The topological polar surface area (TPSA) is 93.0 Å². The molecular weight excluding hydrogens is 292 g/mol. The number of ether oxygens (including phenoxy) is 1. The summed E-state index contributed by atoms with van der Waals surface area (Å²) >= 11 is 0. The van der Waals surface area contributed by atoms with Crippen molar-refractivity contribution in [1.82, 2.24) is 15.3 Å². The Hall–Kier alpha value is -2.21. The van der Waals surface area contributed by atoms with Gasteiger partial charge in [0.25, 0.3) is 0 Å². The fourth-order valence-electron chi connectivity index (χ4n) is 2.83. The molecule has 2 heterocycles. The Morgan fingerprint density at radius 3 is 2.83 bits per heavy atom. The lowest BCUT2D eigenvalue weighted by molar-refractivity contribution is 0.254. The summed E-state index contributed by atoms with van der Waals surface area (Å²) < 4.78 is 5.88. The van der Waals surface area contributed by atoms with Gasteiger partial charge in [-0.25, -0.2) is 4.79 Å². The van der Waals surface area contributed by atoms with Crippen LogP contribution >= 0.6 is 0 Å². The van der Waals surface area contributed by atoms with Crippen LogP contribution in [-0.2, 0) is 0 Å². The number of nitrogens with one attached hydrogen (secondary N) is 2. The number of rotatable bonds is 4. The Morgan fingerprint density at radius 2 is 2.09 bits per heavy atom. The third-order valence-corrected chi connectivity index (χ3v) is 3.99. The highest BCUT2D eigenvalue weighted by Gasteiger charge is 2.14. The predicted octanol–water partition coefficient (Wildman–Crippen LogP) is 2.11. The predicted molar refractivity (Wildman–Crippen MR) is 93.5 cm³/mol. The largest absolute Gasteiger partial charge is 0.493 e. The maximum absolute atomic E-state index is 11.3. The van der Waals surface area contributed by atoms with E-state index in [0.717, 1.165) is 25.4 Å². The maximum atomic E-state index is 11.3. The molecule has 0 bridgehead atoms. The standard InChI is InChI=1S/C15H20N4O2.C2H5/c16-14-13-11(18-15(20)19-14)2-1-3-12(13)21-9-6-10-4-7-17-8-5-10;1-2/h1-3,10,17H,4-9H2,(H3,16,18,19,20);1H2,2H3/q;+1. The fourth-order valence-corrected chi connectivity index (χ4v) is 2.83. The molecule has 1 aromatic heterocycles. The van der Waals surface area contributed by atoms with Gasteiger partial charge in [0, 0.05) is 0 Å². The summed E-state index contributed by atoms with van der Waals surface area (Å²) in [7, 11) is 0. The Labute approximate surface area is 136 Å². The molecule has 1 aliphatic rings. The summed E-state index contributed by atoms with van der Waals surface area (Å²) in [4.78, 5) is 17.8. The van der Waals surface area contributed by atoms with Crippen molar-refractivity contribution in [2.45, 2.75) is 26.2 Å². The molecule has 6 nitrogen and oxygen atoms in total. The lowest BCUT2D eigenvalue weighted by Gasteiger charge is -2.22. The molecule has 23 heavy (non-hydrogen) atoms. The number of anilines is 1. The molecule has 6 heteroatoms. The van der Waals surface area contributed by atoms with Crippen molar-refractivity contribution in [2.24, 2.45) is 5.92 Å². The van der Waals surface area contributed by atoms with E-state index >= 15 is 0 Å². The first-order chi connectivity index (χ1) is 11.2. The molecule has 4 N–H and O–H groups in total. The molecule has 0 amide bonds. The number of fused-ring (bicyclic) bond motifs is 1. The summed E-state index contributed by atoms with van der Waals surface area (Å²) in [5, 5.41) is 4.04. The number of piperidine rings is 1. The van der Waals surface area contributed by atoms with Gasteiger partial charge in [-0.2, -0.15) is 4.98 Å². The van der Waals surface area contributed by atoms with Gasteiger partial charge in [0.15, 0.2) is 0 Å². The van der Waals surface area contributed by atoms with Crippen molar-refractivity contribution >= 4 is 16.7 Å². The SMILES string of the molecule is Nc1nc(=O)[nH]c2cccc(OCCC3CCNCC3)c12.[CH2+]C. The number of aromatic nitrogens is 2. The first-order valence-corrected chi connectivity index (χ1v) is 8.07. The zero-order valence-corrected chi connectivity index (χ0v) is 13.6. The minimum atomic E-state index is -0.438. The minimum Gasteiger partial charge on any atom is -0.493 e. The number of aromatic amines is 1. The molecule has 1 aliphatic heterocycles. The molecule has 1 saturated heterocycles. The van der Waals surface area contributed by atoms with Crippen LogP contribution in [0.3, 0.4) is 0 Å². The molecule has 1 fully saturated rings. The number of nitrogens with two attached hydrogens (primary N) is 1. The molecule has 0 saturated carbocycles. The van der Waals surface area contributed by atoms with Crippen molar-refractivity contribution in [3.05, 3.63) is 35.6 Å². The van der Waals surface area contributed by atoms with Crippen molar-refractivity contribution < 1.29 is 4.74 Å². The highest BCUT2D eigenvalue weighted by molar-refractivity contribution is 5.93. The third kappa shape index (κ3) is 4.39. The van der Waals surface area contributed by atoms with E-state index in [2.05, 4.69) is 22.2 Å². The van der Waals surface area contributed by atoms with E-state index < -0.39 is 5.69 Å². The van der Waals surface area contributed by atoms with Gasteiger partial charge >= 0.3 is 5.69 Å². The molecule has 2 aromatic rings. The summed E-state index contributed by atoms with van der Waals surface area (Å²) in [6.07, 6.45) is 3.45. The van der Waals surface area contributed by atoms with E-state index in [1.165, 1.54) is 12.8 Å². The van der Waals surface area contributed by atoms with Crippen molar-refractivity contribution in [1.29, 1.82) is 0 Å². The molecule has 1 aromatic carbocycles. The molecule has 0 unspecified atom stereocenters. The first kappa shape index (κ1) is 17.1. The van der Waals surface area contributed by atoms with Crippen LogP contribution in [0.1, 0.15) is 26.2 Å². The Kier molecular flexibility index (Phi) is 6.29. The van der Waals surface area contributed by atoms with Crippen LogP contribution in [0.25, 0.3) is 10.9 Å². The van der Waals surface area contributed by atoms with Gasteiger partial charge in [-0.15, -0.1) is 0 Å². The lowest BCUT2D eigenvalue weighted by Crippen LogP contribution is -2.28. The summed E-state index contributed by atoms with van der Waals surface area (Å²) in [6, 6.07) is 5.51. The Balaban J connectivity index is 0.000000924. The van der Waals surface area contributed by atoms with Crippen LogP contribution in [0.4, 0.5) is 5.82 Å². The lowest BCUT2D eigenvalue weighted by atomic mass is 9.95. The van der Waals surface area contributed by atoms with Gasteiger partial charge in [0.1, 0.15) is 11.6 Å². The number of hydrogen-bond donors (Lipinski definition) is 3. The zero-order chi connectivity index (χ0) is 16.7. The number of H-pyrrole nitrogens is 1. The van der Waals surface area contributed by atoms with Gasteiger partial charge in [0.2, 0.25) is 0 Å². The van der Waals surface area contributed by atoms with Crippen molar-refractivity contribution in [3.63, 3.8) is 0 Å². The highest BCUT2D eigenvalue weighted by Crippen LogP contribution is 2.27. The van der Waals surface area contributed by atoms with Crippen molar-refractivity contribution in [2.75, 3.05) is 25.4 Å². The van der Waals surface area contributed by atoms with Crippen LogP contribution in [0.5, 0.6) is 5.75 Å². The van der Waals surface area contributed by atoms with Crippen LogP contribution in [0.15, 0.2) is 23.0 Å². The van der Waals surface area contributed by atoms with Gasteiger partial charge in [-0.1, -0.05) is 6.07 Å². The second kappa shape index (κ2) is 8.43. The molecule has 0 atom stereocenters. The smallest absolute Gasteiger partial charge is 0.347 e. The van der Waals surface area contributed by atoms with Crippen molar-refractivity contribution in [3.8, 4) is 5.75 Å². The second-order valence-corrected chi connectivity index (χ2v) is 5.44. The van der Waals surface area contributed by atoms with E-state index in [1.807, 2.05) is 12.1 Å². The van der Waals surface area contributed by atoms with Gasteiger partial charge in [-0.3, -0.25) is 0 Å². The monoisotopic (exact) mass is 317 g/mol. The summed E-state index contributed by atoms with van der Waals surface area (Å²) in [6.45, 7) is 7.84. The van der Waals surface area contributed by atoms with Gasteiger partial charge in [-0.05, 0) is 50.4 Å². The third-order valence-electron chi connectivity index (χ3n) is 3.99. The number of hydrogen-bond acceptors (Lipinski definition) is 5. The molecule has 124 valence electrons. The second-order valence-electron chi connectivity index (χ2n) is 5.44. The van der Waals surface area contributed by atoms with Crippen LogP contribution < -0.4 is 21.5 Å². The van der Waals surface area contributed by atoms with E-state index in [4.69, 9.17) is 10.5 Å². The Morgan fingerprint density at radius 1 is 1.35 bits per heavy atom. The van der Waals surface area contributed by atoms with Crippen LogP contribution in [-0.4, -0.2) is 29.7 Å². The molecule has 0 spiro atoms. The highest BCUT2D eigenvalue weighted by atomic mass is 16.5. The minimum absolute atomic E-state index is 0.214. The van der Waals surface area contributed by atoms with E-state index in [-0.39, 0.29) is 5.82 Å². The normalized spacial score (nSPS) is 15.0. The first-order valence-electron chi connectivity index (χ1n) is 8.07. The van der Waals surface area contributed by atoms with Gasteiger partial charge in [0.05, 0.1) is 31.4 Å². The van der Waals surface area contributed by atoms with E-state index in [1.54, 1.807) is 13.0 Å². The van der Waals surface area contributed by atoms with E-state index in [0.29, 0.717) is 23.3 Å².